The maximum atomic E-state index is 12.5. The summed E-state index contributed by atoms with van der Waals surface area (Å²) in [6.07, 6.45) is 0.477. The van der Waals surface area contributed by atoms with E-state index in [2.05, 4.69) is 21.1 Å². The molecule has 1 saturated heterocycles. The molecule has 28 heavy (non-hydrogen) atoms. The topological polar surface area (TPSA) is 143 Å². The molecule has 0 bridgehead atoms. The van der Waals surface area contributed by atoms with Crippen LogP contribution in [0.15, 0.2) is 10.6 Å². The molecule has 0 saturated carbocycles. The van der Waals surface area contributed by atoms with Gasteiger partial charge in [-0.15, -0.1) is 0 Å². The number of epoxide rings is 1. The Morgan fingerprint density at radius 3 is 2.36 bits per heavy atom. The highest BCUT2D eigenvalue weighted by Crippen LogP contribution is 2.29. The van der Waals surface area contributed by atoms with Gasteiger partial charge in [0.2, 0.25) is 11.8 Å². The van der Waals surface area contributed by atoms with Crippen molar-refractivity contribution in [1.82, 2.24) is 21.1 Å². The molecule has 10 nitrogen and oxygen atoms in total. The van der Waals surface area contributed by atoms with Crippen molar-refractivity contribution in [3.05, 3.63) is 17.5 Å². The van der Waals surface area contributed by atoms with Crippen LogP contribution in [0.1, 0.15) is 43.4 Å². The number of hydrogen-bond acceptors (Lipinski definition) is 7. The van der Waals surface area contributed by atoms with E-state index in [1.807, 2.05) is 13.8 Å². The van der Waals surface area contributed by atoms with Crippen molar-refractivity contribution in [2.75, 3.05) is 19.7 Å². The maximum Gasteiger partial charge on any atom is 0.273 e. The lowest BCUT2D eigenvalue weighted by Crippen LogP contribution is -2.50. The standard InChI is InChI=1S/C18H26N4O6/c1-10(2)5-12(16(25)18(4)9-27-18)21-15(24)8-19-14(23)7-20-17(26)13-6-11(3)28-22-13/h6,10,12H,5,7-9H2,1-4H3,(H,19,23)(H,20,26)(H,21,24)/t12-,18+/m0/s1. The van der Waals surface area contributed by atoms with Crippen molar-refractivity contribution in [2.24, 2.45) is 5.92 Å². The van der Waals surface area contributed by atoms with Gasteiger partial charge in [0, 0.05) is 6.07 Å². The van der Waals surface area contributed by atoms with Gasteiger partial charge in [-0.25, -0.2) is 0 Å². The Labute approximate surface area is 162 Å². The smallest absolute Gasteiger partial charge is 0.273 e. The predicted molar refractivity (Wildman–Crippen MR) is 97.3 cm³/mol. The Bertz CT molecular complexity index is 753. The van der Waals surface area contributed by atoms with Crippen molar-refractivity contribution in [1.29, 1.82) is 0 Å². The molecule has 2 rings (SSSR count). The fourth-order valence-corrected chi connectivity index (χ4v) is 2.53. The zero-order valence-corrected chi connectivity index (χ0v) is 16.5. The molecule has 154 valence electrons. The van der Waals surface area contributed by atoms with Gasteiger partial charge in [-0.05, 0) is 26.2 Å². The van der Waals surface area contributed by atoms with Crippen molar-refractivity contribution in [3.8, 4) is 0 Å². The van der Waals surface area contributed by atoms with Crippen LogP contribution in [-0.4, -0.2) is 60.0 Å². The van der Waals surface area contributed by atoms with E-state index in [4.69, 9.17) is 9.26 Å². The second kappa shape index (κ2) is 8.96. The fraction of sp³-hybridized carbons (Fsp3) is 0.611. The highest BCUT2D eigenvalue weighted by molar-refractivity contribution is 5.97. The normalized spacial score (nSPS) is 19.0. The Morgan fingerprint density at radius 2 is 1.82 bits per heavy atom. The molecule has 1 aliphatic heterocycles. The van der Waals surface area contributed by atoms with Crippen LogP contribution in [0.3, 0.4) is 0 Å². The summed E-state index contributed by atoms with van der Waals surface area (Å²) in [7, 11) is 0. The number of carbonyl (C=O) groups is 4. The first kappa shape index (κ1) is 21.5. The molecule has 0 unspecified atom stereocenters. The van der Waals surface area contributed by atoms with Crippen molar-refractivity contribution in [2.45, 2.75) is 45.8 Å². The highest BCUT2D eigenvalue weighted by atomic mass is 16.6. The molecular formula is C18H26N4O6. The minimum atomic E-state index is -0.833. The third-order valence-corrected chi connectivity index (χ3v) is 4.17. The van der Waals surface area contributed by atoms with E-state index in [1.54, 1.807) is 13.8 Å². The number of nitrogens with one attached hydrogen (secondary N) is 3. The number of carbonyl (C=O) groups excluding carboxylic acids is 4. The van der Waals surface area contributed by atoms with Crippen LogP contribution >= 0.6 is 0 Å². The van der Waals surface area contributed by atoms with Crippen molar-refractivity contribution in [3.63, 3.8) is 0 Å². The molecule has 1 aromatic heterocycles. The largest absolute Gasteiger partial charge is 0.361 e. The van der Waals surface area contributed by atoms with E-state index >= 15 is 0 Å². The summed E-state index contributed by atoms with van der Waals surface area (Å²) >= 11 is 0. The summed E-state index contributed by atoms with van der Waals surface area (Å²) in [5.74, 6) is -1.10. The predicted octanol–water partition coefficient (Wildman–Crippen LogP) is -0.282. The van der Waals surface area contributed by atoms with Gasteiger partial charge in [0.15, 0.2) is 11.5 Å². The molecular weight excluding hydrogens is 368 g/mol. The molecule has 1 aliphatic rings. The Hall–Kier alpha value is -2.75. The third-order valence-electron chi connectivity index (χ3n) is 4.17. The van der Waals surface area contributed by atoms with Gasteiger partial charge in [-0.3, -0.25) is 19.2 Å². The molecule has 1 aromatic rings. The molecule has 2 heterocycles. The van der Waals surface area contributed by atoms with Crippen molar-refractivity contribution < 1.29 is 28.4 Å². The van der Waals surface area contributed by atoms with Crippen molar-refractivity contribution >= 4 is 23.5 Å². The number of nitrogens with zero attached hydrogens (tertiary/aromatic N) is 1. The lowest BCUT2D eigenvalue weighted by atomic mass is 9.93. The zero-order valence-electron chi connectivity index (χ0n) is 16.5. The molecule has 1 fully saturated rings. The number of rotatable bonds is 10. The lowest BCUT2D eigenvalue weighted by Gasteiger charge is -2.21. The van der Waals surface area contributed by atoms with Crippen LogP contribution in [0.25, 0.3) is 0 Å². The van der Waals surface area contributed by atoms with E-state index in [-0.39, 0.29) is 30.5 Å². The minimum absolute atomic E-state index is 0.0638. The quantitative estimate of drug-likeness (QED) is 0.463. The number of aryl methyl sites for hydroxylation is 1. The molecule has 3 amide bonds. The summed E-state index contributed by atoms with van der Waals surface area (Å²) in [4.78, 5) is 48.2. The zero-order chi connectivity index (χ0) is 20.9. The van der Waals surface area contributed by atoms with E-state index in [0.717, 1.165) is 0 Å². The number of hydrogen-bond donors (Lipinski definition) is 3. The van der Waals surface area contributed by atoms with E-state index in [0.29, 0.717) is 18.8 Å². The number of aromatic nitrogens is 1. The first-order valence-corrected chi connectivity index (χ1v) is 9.06. The van der Waals surface area contributed by atoms with Gasteiger partial charge < -0.3 is 25.2 Å². The second-order valence-electron chi connectivity index (χ2n) is 7.42. The summed E-state index contributed by atoms with van der Waals surface area (Å²) in [5.41, 5.74) is -0.770. The Balaban J connectivity index is 1.75. The molecule has 3 N–H and O–H groups in total. The molecule has 0 spiro atoms. The van der Waals surface area contributed by atoms with Crippen LogP contribution in [-0.2, 0) is 19.1 Å². The summed E-state index contributed by atoms with van der Waals surface area (Å²) in [6.45, 7) is 6.94. The van der Waals surface area contributed by atoms with Gasteiger partial charge in [0.05, 0.1) is 25.7 Å². The highest BCUT2D eigenvalue weighted by Gasteiger charge is 2.50. The summed E-state index contributed by atoms with van der Waals surface area (Å²) < 4.78 is 9.95. The Morgan fingerprint density at radius 1 is 1.18 bits per heavy atom. The monoisotopic (exact) mass is 394 g/mol. The molecule has 0 aliphatic carbocycles. The number of amides is 3. The van der Waals surface area contributed by atoms with E-state index in [1.165, 1.54) is 6.07 Å². The van der Waals surface area contributed by atoms with Crippen LogP contribution in [0, 0.1) is 12.8 Å². The molecule has 2 atom stereocenters. The van der Waals surface area contributed by atoms with Crippen LogP contribution < -0.4 is 16.0 Å². The van der Waals surface area contributed by atoms with E-state index < -0.39 is 29.4 Å². The van der Waals surface area contributed by atoms with Crippen LogP contribution in [0.2, 0.25) is 0 Å². The first-order chi connectivity index (χ1) is 13.1. The average Bonchev–Trinajstić information content (AvgIpc) is 3.23. The number of ether oxygens (including phenoxy) is 1. The van der Waals surface area contributed by atoms with E-state index in [9.17, 15) is 19.2 Å². The lowest BCUT2D eigenvalue weighted by molar-refractivity contribution is -0.131. The second-order valence-corrected chi connectivity index (χ2v) is 7.42. The van der Waals surface area contributed by atoms with Gasteiger partial charge in [-0.1, -0.05) is 19.0 Å². The summed E-state index contributed by atoms with van der Waals surface area (Å²) in [5, 5.41) is 11.0. The minimum Gasteiger partial charge on any atom is -0.361 e. The Kier molecular flexibility index (Phi) is 6.90. The van der Waals surface area contributed by atoms with Crippen LogP contribution in [0.4, 0.5) is 0 Å². The van der Waals surface area contributed by atoms with Gasteiger partial charge in [0.25, 0.3) is 5.91 Å². The SMILES string of the molecule is Cc1cc(C(=O)NCC(=O)NCC(=O)N[C@@H](CC(C)C)C(=O)[C@@]2(C)CO2)no1. The molecule has 10 heteroatoms. The van der Waals surface area contributed by atoms with Crippen LogP contribution in [0.5, 0.6) is 0 Å². The molecule has 0 aromatic carbocycles. The summed E-state index contributed by atoms with van der Waals surface area (Å²) in [6, 6.07) is 0.767. The fourth-order valence-electron chi connectivity index (χ4n) is 2.53. The number of Topliss-reactive ketones (excluding diaryl/α,β-unsaturated/α-hetero) is 1. The first-order valence-electron chi connectivity index (χ1n) is 9.06. The average molecular weight is 394 g/mol. The number of ketones is 1. The molecule has 0 radical (unpaired) electrons. The van der Waals surface area contributed by atoms with Gasteiger partial charge in [0.1, 0.15) is 11.4 Å². The van der Waals surface area contributed by atoms with Gasteiger partial charge in [-0.2, -0.15) is 0 Å². The third kappa shape index (κ3) is 6.15. The van der Waals surface area contributed by atoms with Gasteiger partial charge >= 0.3 is 0 Å². The maximum absolute atomic E-state index is 12.5.